The Morgan fingerprint density at radius 1 is 1.50 bits per heavy atom. The Morgan fingerprint density at radius 3 is 2.69 bits per heavy atom. The fourth-order valence-corrected chi connectivity index (χ4v) is 4.70. The predicted octanol–water partition coefficient (Wildman–Crippen LogP) is 1.87. The van der Waals surface area contributed by atoms with Crippen molar-refractivity contribution >= 4 is 37.3 Å². The van der Waals surface area contributed by atoms with Gasteiger partial charge in [-0.1, -0.05) is 0 Å². The van der Waals surface area contributed by atoms with Crippen LogP contribution in [0.15, 0.2) is 14.7 Å². The number of hydrogen-bond acceptors (Lipinski definition) is 4. The second kappa shape index (κ2) is 6.11. The monoisotopic (exact) mass is 327 g/mol. The lowest BCUT2D eigenvalue weighted by molar-refractivity contribution is 0.285. The number of aliphatic hydroxyl groups is 1. The Morgan fingerprint density at radius 2 is 2.19 bits per heavy atom. The number of thiophene rings is 1. The van der Waals surface area contributed by atoms with Crippen molar-refractivity contribution in [2.24, 2.45) is 0 Å². The van der Waals surface area contributed by atoms with E-state index in [-0.39, 0.29) is 6.61 Å². The Kier molecular flexibility index (Phi) is 5.39. The number of sulfonamides is 1. The molecule has 1 aromatic heterocycles. The number of unbranched alkanes of at least 4 members (excludes halogenated alkanes) is 1. The topological polar surface area (TPSA) is 66.4 Å². The van der Waals surface area contributed by atoms with Gasteiger partial charge in [0.25, 0.3) is 0 Å². The van der Waals surface area contributed by atoms with E-state index in [0.29, 0.717) is 24.3 Å². The maximum Gasteiger partial charge on any atom is 0.241 e. The summed E-state index contributed by atoms with van der Waals surface area (Å²) in [5.41, 5.74) is 0. The van der Waals surface area contributed by atoms with E-state index in [1.54, 1.807) is 13.0 Å². The van der Waals surface area contributed by atoms with E-state index in [1.165, 1.54) is 11.3 Å². The minimum atomic E-state index is -3.40. The summed E-state index contributed by atoms with van der Waals surface area (Å²) in [5, 5.41) is 8.58. The van der Waals surface area contributed by atoms with Gasteiger partial charge in [-0.3, -0.25) is 0 Å². The minimum absolute atomic E-state index is 0.0881. The number of aliphatic hydroxyl groups excluding tert-OH is 1. The summed E-state index contributed by atoms with van der Waals surface area (Å²) in [6.07, 6.45) is 1.24. The zero-order valence-corrected chi connectivity index (χ0v) is 12.1. The van der Waals surface area contributed by atoms with Crippen molar-refractivity contribution in [3.63, 3.8) is 0 Å². The summed E-state index contributed by atoms with van der Waals surface area (Å²) < 4.78 is 27.0. The molecule has 0 aliphatic heterocycles. The van der Waals surface area contributed by atoms with Crippen molar-refractivity contribution in [2.45, 2.75) is 24.7 Å². The van der Waals surface area contributed by atoms with E-state index in [1.807, 2.05) is 0 Å². The normalized spacial score (nSPS) is 11.9. The molecule has 0 saturated carbocycles. The van der Waals surface area contributed by atoms with Gasteiger partial charge in [-0.2, -0.15) is 0 Å². The average Bonchev–Trinajstić information content (AvgIpc) is 2.53. The third-order valence-corrected chi connectivity index (χ3v) is 5.28. The van der Waals surface area contributed by atoms with Crippen LogP contribution in [0, 0.1) is 6.92 Å². The second-order valence-corrected chi connectivity index (χ2v) is 7.67. The van der Waals surface area contributed by atoms with Crippen LogP contribution in [0.4, 0.5) is 0 Å². The van der Waals surface area contributed by atoms with Crippen molar-refractivity contribution in [1.82, 2.24) is 4.72 Å². The van der Waals surface area contributed by atoms with Gasteiger partial charge in [0.1, 0.15) is 0 Å². The molecule has 4 nitrogen and oxygen atoms in total. The van der Waals surface area contributed by atoms with E-state index >= 15 is 0 Å². The SMILES string of the molecule is Cc1sc(Br)cc1S(=O)(=O)NCCCCO. The van der Waals surface area contributed by atoms with Crippen molar-refractivity contribution in [3.05, 3.63) is 14.7 Å². The zero-order chi connectivity index (χ0) is 12.2. The molecule has 0 bridgehead atoms. The van der Waals surface area contributed by atoms with Crippen LogP contribution >= 0.6 is 27.3 Å². The van der Waals surface area contributed by atoms with Gasteiger partial charge in [0.2, 0.25) is 10.0 Å². The van der Waals surface area contributed by atoms with Gasteiger partial charge in [0, 0.05) is 18.0 Å². The molecule has 0 aromatic carbocycles. The first-order valence-electron chi connectivity index (χ1n) is 4.84. The molecule has 0 atom stereocenters. The summed E-state index contributed by atoms with van der Waals surface area (Å²) in [6, 6.07) is 1.61. The van der Waals surface area contributed by atoms with E-state index in [0.717, 1.165) is 8.66 Å². The van der Waals surface area contributed by atoms with Crippen LogP contribution in [-0.2, 0) is 10.0 Å². The summed E-state index contributed by atoms with van der Waals surface area (Å²) >= 11 is 4.66. The zero-order valence-electron chi connectivity index (χ0n) is 8.86. The van der Waals surface area contributed by atoms with Crippen molar-refractivity contribution in [3.8, 4) is 0 Å². The van der Waals surface area contributed by atoms with Crippen LogP contribution in [-0.4, -0.2) is 26.7 Å². The van der Waals surface area contributed by atoms with Gasteiger partial charge in [-0.15, -0.1) is 11.3 Å². The average molecular weight is 328 g/mol. The first-order valence-corrected chi connectivity index (χ1v) is 7.93. The summed E-state index contributed by atoms with van der Waals surface area (Å²) in [4.78, 5) is 1.09. The number of rotatable bonds is 6. The fraction of sp³-hybridized carbons (Fsp3) is 0.556. The fourth-order valence-electron chi connectivity index (χ4n) is 1.22. The molecule has 0 amide bonds. The molecule has 0 fully saturated rings. The first kappa shape index (κ1) is 14.1. The molecule has 0 aliphatic carbocycles. The number of aryl methyl sites for hydroxylation is 1. The van der Waals surface area contributed by atoms with Crippen LogP contribution in [0.5, 0.6) is 0 Å². The largest absolute Gasteiger partial charge is 0.396 e. The smallest absolute Gasteiger partial charge is 0.241 e. The van der Waals surface area contributed by atoms with E-state index < -0.39 is 10.0 Å². The lowest BCUT2D eigenvalue weighted by Crippen LogP contribution is -2.25. The molecule has 0 unspecified atom stereocenters. The van der Waals surface area contributed by atoms with Crippen LogP contribution in [0.3, 0.4) is 0 Å². The Labute approximate surface area is 108 Å². The molecule has 1 heterocycles. The van der Waals surface area contributed by atoms with E-state index in [4.69, 9.17) is 5.11 Å². The highest BCUT2D eigenvalue weighted by Gasteiger charge is 2.18. The molecule has 92 valence electrons. The standard InChI is InChI=1S/C9H14BrNO3S2/c1-7-8(6-9(10)15-7)16(13,14)11-4-2-3-5-12/h6,11-12H,2-5H2,1H3. The molecule has 1 aromatic rings. The van der Waals surface area contributed by atoms with Gasteiger partial charge < -0.3 is 5.11 Å². The van der Waals surface area contributed by atoms with Crippen molar-refractivity contribution in [2.75, 3.05) is 13.2 Å². The van der Waals surface area contributed by atoms with Crippen LogP contribution in [0.1, 0.15) is 17.7 Å². The van der Waals surface area contributed by atoms with Gasteiger partial charge in [-0.05, 0) is 41.8 Å². The highest BCUT2D eigenvalue weighted by atomic mass is 79.9. The molecule has 0 saturated heterocycles. The van der Waals surface area contributed by atoms with Crippen molar-refractivity contribution in [1.29, 1.82) is 0 Å². The second-order valence-electron chi connectivity index (χ2n) is 3.30. The number of hydrogen-bond donors (Lipinski definition) is 2. The van der Waals surface area contributed by atoms with Crippen LogP contribution in [0.2, 0.25) is 0 Å². The van der Waals surface area contributed by atoms with Crippen LogP contribution < -0.4 is 4.72 Å². The van der Waals surface area contributed by atoms with Gasteiger partial charge in [0.05, 0.1) is 8.68 Å². The lowest BCUT2D eigenvalue weighted by atomic mass is 10.3. The Hall–Kier alpha value is 0.0500. The molecular formula is C9H14BrNO3S2. The van der Waals surface area contributed by atoms with E-state index in [9.17, 15) is 8.42 Å². The molecular weight excluding hydrogens is 314 g/mol. The number of nitrogens with one attached hydrogen (secondary N) is 1. The van der Waals surface area contributed by atoms with Gasteiger partial charge in [-0.25, -0.2) is 13.1 Å². The molecule has 0 radical (unpaired) electrons. The third kappa shape index (κ3) is 3.81. The highest BCUT2D eigenvalue weighted by Crippen LogP contribution is 2.29. The summed E-state index contributed by atoms with van der Waals surface area (Å²) in [6.45, 7) is 2.22. The lowest BCUT2D eigenvalue weighted by Gasteiger charge is -2.05. The minimum Gasteiger partial charge on any atom is -0.396 e. The Bertz CT molecular complexity index is 442. The maximum absolute atomic E-state index is 11.8. The van der Waals surface area contributed by atoms with E-state index in [2.05, 4.69) is 20.7 Å². The summed E-state index contributed by atoms with van der Waals surface area (Å²) in [5.74, 6) is 0. The molecule has 7 heteroatoms. The van der Waals surface area contributed by atoms with Gasteiger partial charge >= 0.3 is 0 Å². The first-order chi connectivity index (χ1) is 7.47. The van der Waals surface area contributed by atoms with Crippen LogP contribution in [0.25, 0.3) is 0 Å². The molecule has 2 N–H and O–H groups in total. The highest BCUT2D eigenvalue weighted by molar-refractivity contribution is 9.11. The molecule has 1 rings (SSSR count). The van der Waals surface area contributed by atoms with Crippen molar-refractivity contribution < 1.29 is 13.5 Å². The molecule has 0 aliphatic rings. The quantitative estimate of drug-likeness (QED) is 0.784. The Balaban J connectivity index is 2.67. The summed E-state index contributed by atoms with van der Waals surface area (Å²) in [7, 11) is -3.40. The maximum atomic E-state index is 11.8. The molecule has 0 spiro atoms. The predicted molar refractivity (Wildman–Crippen MR) is 68.3 cm³/mol. The van der Waals surface area contributed by atoms with Gasteiger partial charge in [0.15, 0.2) is 0 Å². The molecule has 16 heavy (non-hydrogen) atoms. The number of halogens is 1. The third-order valence-electron chi connectivity index (χ3n) is 2.01.